The first-order valence-electron chi connectivity index (χ1n) is 7.68. The van der Waals surface area contributed by atoms with Crippen molar-refractivity contribution in [3.05, 3.63) is 58.9 Å². The van der Waals surface area contributed by atoms with Crippen LogP contribution < -0.4 is 5.32 Å². The maximum absolute atomic E-state index is 13.2. The number of carbonyl (C=O) groups excluding carboxylic acids is 1. The molecule has 0 aliphatic heterocycles. The van der Waals surface area contributed by atoms with E-state index in [0.717, 1.165) is 17.5 Å². The lowest BCUT2D eigenvalue weighted by atomic mass is 9.90. The Hall–Kier alpha value is -2.27. The molecule has 1 aliphatic rings. The summed E-state index contributed by atoms with van der Waals surface area (Å²) in [6.07, 6.45) is 4.54. The van der Waals surface area contributed by atoms with Gasteiger partial charge in [0.15, 0.2) is 5.13 Å². The Morgan fingerprint density at radius 1 is 1.09 bits per heavy atom. The molecule has 3 aromatic rings. The number of nitrogens with one attached hydrogen (secondary N) is 1. The third kappa shape index (κ3) is 2.84. The number of hydrogen-bond acceptors (Lipinski definition) is 3. The van der Waals surface area contributed by atoms with E-state index in [1.54, 1.807) is 6.07 Å². The Labute approximate surface area is 137 Å². The van der Waals surface area contributed by atoms with Crippen LogP contribution in [0.15, 0.2) is 36.4 Å². The molecule has 0 saturated carbocycles. The van der Waals surface area contributed by atoms with Gasteiger partial charge >= 0.3 is 0 Å². The monoisotopic (exact) mass is 326 g/mol. The van der Waals surface area contributed by atoms with Crippen LogP contribution in [0.4, 0.5) is 9.52 Å². The number of fused-ring (bicyclic) bond motifs is 2. The largest absolute Gasteiger partial charge is 0.298 e. The van der Waals surface area contributed by atoms with Crippen molar-refractivity contribution in [3.8, 4) is 0 Å². The van der Waals surface area contributed by atoms with Gasteiger partial charge in [-0.1, -0.05) is 17.4 Å². The second-order valence-corrected chi connectivity index (χ2v) is 6.81. The van der Waals surface area contributed by atoms with Gasteiger partial charge in [0.2, 0.25) is 0 Å². The van der Waals surface area contributed by atoms with Gasteiger partial charge in [0.05, 0.1) is 10.2 Å². The summed E-state index contributed by atoms with van der Waals surface area (Å²) < 4.78 is 14.0. The SMILES string of the molecule is O=C(Nc1nc2ccc(F)cc2s1)c1ccc2c(c1)CCCC2. The van der Waals surface area contributed by atoms with Gasteiger partial charge < -0.3 is 0 Å². The number of halogens is 1. The van der Waals surface area contributed by atoms with Gasteiger partial charge in [-0.3, -0.25) is 10.1 Å². The molecule has 0 spiro atoms. The molecule has 0 radical (unpaired) electrons. The Morgan fingerprint density at radius 3 is 2.78 bits per heavy atom. The number of hydrogen-bond donors (Lipinski definition) is 1. The number of aromatic nitrogens is 1. The highest BCUT2D eigenvalue weighted by Gasteiger charge is 2.14. The molecular weight excluding hydrogens is 311 g/mol. The molecule has 0 unspecified atom stereocenters. The smallest absolute Gasteiger partial charge is 0.257 e. The predicted molar refractivity (Wildman–Crippen MR) is 90.6 cm³/mol. The van der Waals surface area contributed by atoms with E-state index in [9.17, 15) is 9.18 Å². The highest BCUT2D eigenvalue weighted by molar-refractivity contribution is 7.22. The quantitative estimate of drug-likeness (QED) is 0.750. The van der Waals surface area contributed by atoms with Gasteiger partial charge in [-0.2, -0.15) is 0 Å². The number of aryl methyl sites for hydroxylation is 2. The molecule has 3 nitrogen and oxygen atoms in total. The standard InChI is InChI=1S/C18H15FN2OS/c19-14-7-8-15-16(10-14)23-18(20-15)21-17(22)13-6-5-11-3-1-2-4-12(11)9-13/h5-10H,1-4H2,(H,20,21,22). The summed E-state index contributed by atoms with van der Waals surface area (Å²) in [5, 5.41) is 3.31. The van der Waals surface area contributed by atoms with E-state index in [2.05, 4.69) is 16.4 Å². The van der Waals surface area contributed by atoms with Gasteiger partial charge in [0.25, 0.3) is 5.91 Å². The number of amides is 1. The second-order valence-electron chi connectivity index (χ2n) is 5.78. The van der Waals surface area contributed by atoms with Crippen LogP contribution in [-0.4, -0.2) is 10.9 Å². The average Bonchev–Trinajstić information content (AvgIpc) is 2.95. The van der Waals surface area contributed by atoms with E-state index in [1.165, 1.54) is 47.4 Å². The molecule has 1 amide bonds. The molecule has 5 heteroatoms. The molecule has 1 N–H and O–H groups in total. The molecule has 0 bridgehead atoms. The van der Waals surface area contributed by atoms with Gasteiger partial charge in [-0.15, -0.1) is 0 Å². The first kappa shape index (κ1) is 14.3. The Morgan fingerprint density at radius 2 is 1.91 bits per heavy atom. The van der Waals surface area contributed by atoms with Crippen LogP contribution in [0.25, 0.3) is 10.2 Å². The maximum atomic E-state index is 13.2. The molecule has 2 aromatic carbocycles. The van der Waals surface area contributed by atoms with E-state index in [4.69, 9.17) is 0 Å². The molecule has 4 rings (SSSR count). The zero-order valence-corrected chi connectivity index (χ0v) is 13.3. The van der Waals surface area contributed by atoms with Crippen molar-refractivity contribution in [1.29, 1.82) is 0 Å². The normalized spacial score (nSPS) is 13.8. The molecular formula is C18H15FN2OS. The van der Waals surface area contributed by atoms with Gasteiger partial charge in [0, 0.05) is 5.56 Å². The van der Waals surface area contributed by atoms with Crippen LogP contribution in [0.2, 0.25) is 0 Å². The van der Waals surface area contributed by atoms with Crippen LogP contribution >= 0.6 is 11.3 Å². The maximum Gasteiger partial charge on any atom is 0.257 e. The number of benzene rings is 2. The molecule has 23 heavy (non-hydrogen) atoms. The van der Waals surface area contributed by atoms with Crippen molar-refractivity contribution >= 4 is 32.6 Å². The highest BCUT2D eigenvalue weighted by atomic mass is 32.1. The zero-order chi connectivity index (χ0) is 15.8. The summed E-state index contributed by atoms with van der Waals surface area (Å²) in [7, 11) is 0. The first-order chi connectivity index (χ1) is 11.2. The average molecular weight is 326 g/mol. The van der Waals surface area contributed by atoms with E-state index < -0.39 is 0 Å². The fourth-order valence-electron chi connectivity index (χ4n) is 3.00. The van der Waals surface area contributed by atoms with E-state index in [1.807, 2.05) is 12.1 Å². The fraction of sp³-hybridized carbons (Fsp3) is 0.222. The molecule has 0 saturated heterocycles. The molecule has 1 aliphatic carbocycles. The van der Waals surface area contributed by atoms with Crippen molar-refractivity contribution in [1.82, 2.24) is 4.98 Å². The minimum Gasteiger partial charge on any atom is -0.298 e. The highest BCUT2D eigenvalue weighted by Crippen LogP contribution is 2.27. The molecule has 116 valence electrons. The summed E-state index contributed by atoms with van der Waals surface area (Å²) in [5.41, 5.74) is 3.96. The topological polar surface area (TPSA) is 42.0 Å². The Balaban J connectivity index is 1.58. The predicted octanol–water partition coefficient (Wildman–Crippen LogP) is 4.57. The van der Waals surface area contributed by atoms with Crippen molar-refractivity contribution in [2.75, 3.05) is 5.32 Å². The van der Waals surface area contributed by atoms with Crippen LogP contribution in [0.5, 0.6) is 0 Å². The summed E-state index contributed by atoms with van der Waals surface area (Å²) in [4.78, 5) is 16.8. The molecule has 0 atom stereocenters. The lowest BCUT2D eigenvalue weighted by Gasteiger charge is -2.16. The van der Waals surface area contributed by atoms with Crippen LogP contribution in [0, 0.1) is 5.82 Å². The van der Waals surface area contributed by atoms with Crippen LogP contribution in [0.1, 0.15) is 34.3 Å². The summed E-state index contributed by atoms with van der Waals surface area (Å²) in [6.45, 7) is 0. The van der Waals surface area contributed by atoms with Crippen LogP contribution in [0.3, 0.4) is 0 Å². The van der Waals surface area contributed by atoms with E-state index in [0.29, 0.717) is 16.2 Å². The number of rotatable bonds is 2. The third-order valence-electron chi connectivity index (χ3n) is 4.18. The molecule has 0 fully saturated rings. The fourth-order valence-corrected chi connectivity index (χ4v) is 3.88. The third-order valence-corrected chi connectivity index (χ3v) is 5.12. The minimum absolute atomic E-state index is 0.169. The van der Waals surface area contributed by atoms with Gasteiger partial charge in [-0.25, -0.2) is 9.37 Å². The number of thiazole rings is 1. The molecule has 1 heterocycles. The van der Waals surface area contributed by atoms with E-state index in [-0.39, 0.29) is 11.7 Å². The van der Waals surface area contributed by atoms with Crippen molar-refractivity contribution in [3.63, 3.8) is 0 Å². The van der Waals surface area contributed by atoms with Crippen molar-refractivity contribution < 1.29 is 9.18 Å². The van der Waals surface area contributed by atoms with Gasteiger partial charge in [0.1, 0.15) is 5.82 Å². The lowest BCUT2D eigenvalue weighted by Crippen LogP contribution is -2.13. The number of nitrogens with zero attached hydrogens (tertiary/aromatic N) is 1. The Bertz CT molecular complexity index is 903. The van der Waals surface area contributed by atoms with Crippen molar-refractivity contribution in [2.24, 2.45) is 0 Å². The minimum atomic E-state index is -0.297. The summed E-state index contributed by atoms with van der Waals surface area (Å²) in [6, 6.07) is 10.3. The van der Waals surface area contributed by atoms with Gasteiger partial charge in [-0.05, 0) is 67.1 Å². The zero-order valence-electron chi connectivity index (χ0n) is 12.4. The van der Waals surface area contributed by atoms with Crippen molar-refractivity contribution in [2.45, 2.75) is 25.7 Å². The summed E-state index contributed by atoms with van der Waals surface area (Å²) >= 11 is 1.28. The molecule has 1 aromatic heterocycles. The van der Waals surface area contributed by atoms with Crippen LogP contribution in [-0.2, 0) is 12.8 Å². The first-order valence-corrected chi connectivity index (χ1v) is 8.50. The Kier molecular flexibility index (Phi) is 3.58. The lowest BCUT2D eigenvalue weighted by molar-refractivity contribution is 0.102. The number of anilines is 1. The number of carbonyl (C=O) groups is 1. The van der Waals surface area contributed by atoms with E-state index >= 15 is 0 Å². The second kappa shape index (κ2) is 5.74. The summed E-state index contributed by atoms with van der Waals surface area (Å²) in [5.74, 6) is -0.466.